The number of nitrogens with zero attached hydrogens (tertiary/aromatic N) is 1. The highest BCUT2D eigenvalue weighted by Gasteiger charge is 2.23. The van der Waals surface area contributed by atoms with Crippen molar-refractivity contribution < 1.29 is 8.42 Å². The van der Waals surface area contributed by atoms with Crippen LogP contribution in [0.25, 0.3) is 0 Å². The Morgan fingerprint density at radius 2 is 2.06 bits per heavy atom. The van der Waals surface area contributed by atoms with Gasteiger partial charge in [-0.05, 0) is 50.6 Å². The van der Waals surface area contributed by atoms with E-state index in [4.69, 9.17) is 0 Å². The molecule has 17 heavy (non-hydrogen) atoms. The maximum Gasteiger partial charge on any atom is 0.178 e. The summed E-state index contributed by atoms with van der Waals surface area (Å²) in [5, 5.41) is 0. The lowest BCUT2D eigenvalue weighted by Gasteiger charge is -2.17. The Hall–Kier alpha value is -0.870. The van der Waals surface area contributed by atoms with Crippen LogP contribution in [0.4, 0.5) is 0 Å². The van der Waals surface area contributed by atoms with Gasteiger partial charge < -0.3 is 4.90 Å². The van der Waals surface area contributed by atoms with Crippen LogP contribution in [0.1, 0.15) is 17.5 Å². The fraction of sp³-hybridized carbons (Fsp3) is 0.538. The Bertz CT molecular complexity index is 506. The summed E-state index contributed by atoms with van der Waals surface area (Å²) in [5.41, 5.74) is 2.24. The molecular formula is C13H19NO2S. The summed E-state index contributed by atoms with van der Waals surface area (Å²) in [5.74, 6) is 0.303. The monoisotopic (exact) mass is 253 g/mol. The standard InChI is InChI=1S/C13H19NO2S/c1-14(2)8-7-11-5-6-13-12(10-11)4-3-9-17(13,15)16/h5-6,10H,3-4,7-9H2,1-2H3. The van der Waals surface area contributed by atoms with E-state index in [2.05, 4.69) is 11.0 Å². The molecule has 4 heteroatoms. The molecule has 3 nitrogen and oxygen atoms in total. The van der Waals surface area contributed by atoms with Gasteiger partial charge in [-0.2, -0.15) is 0 Å². The van der Waals surface area contributed by atoms with Gasteiger partial charge in [-0.25, -0.2) is 8.42 Å². The Labute approximate surface area is 103 Å². The van der Waals surface area contributed by atoms with Crippen molar-refractivity contribution in [1.29, 1.82) is 0 Å². The number of sulfone groups is 1. The van der Waals surface area contributed by atoms with Crippen molar-refractivity contribution in [3.05, 3.63) is 29.3 Å². The predicted octanol–water partition coefficient (Wildman–Crippen LogP) is 1.51. The van der Waals surface area contributed by atoms with Gasteiger partial charge in [0.25, 0.3) is 0 Å². The van der Waals surface area contributed by atoms with Gasteiger partial charge in [-0.15, -0.1) is 0 Å². The average molecular weight is 253 g/mol. The van der Waals surface area contributed by atoms with Crippen LogP contribution < -0.4 is 0 Å². The molecule has 1 aromatic carbocycles. The van der Waals surface area contributed by atoms with Crippen LogP contribution in [0.15, 0.2) is 23.1 Å². The molecule has 1 aromatic rings. The van der Waals surface area contributed by atoms with Crippen LogP contribution in [0.5, 0.6) is 0 Å². The number of rotatable bonds is 3. The number of benzene rings is 1. The Balaban J connectivity index is 2.26. The average Bonchev–Trinajstić information content (AvgIpc) is 2.25. The quantitative estimate of drug-likeness (QED) is 0.819. The van der Waals surface area contributed by atoms with E-state index in [0.717, 1.165) is 31.4 Å². The van der Waals surface area contributed by atoms with E-state index in [9.17, 15) is 8.42 Å². The second-order valence-corrected chi connectivity index (χ2v) is 7.00. The Morgan fingerprint density at radius 3 is 2.76 bits per heavy atom. The Kier molecular flexibility index (Phi) is 3.54. The molecule has 1 heterocycles. The van der Waals surface area contributed by atoms with Crippen LogP contribution in [0, 0.1) is 0 Å². The minimum atomic E-state index is -3.00. The van der Waals surface area contributed by atoms with Crippen molar-refractivity contribution in [1.82, 2.24) is 4.90 Å². The molecule has 0 N–H and O–H groups in total. The molecule has 0 spiro atoms. The van der Waals surface area contributed by atoms with Gasteiger partial charge >= 0.3 is 0 Å². The topological polar surface area (TPSA) is 37.4 Å². The number of likely N-dealkylation sites (N-methyl/N-ethyl adjacent to an activating group) is 1. The molecule has 0 unspecified atom stereocenters. The number of hydrogen-bond acceptors (Lipinski definition) is 3. The highest BCUT2D eigenvalue weighted by atomic mass is 32.2. The normalized spacial score (nSPS) is 18.1. The predicted molar refractivity (Wildman–Crippen MR) is 69.1 cm³/mol. The third-order valence-electron chi connectivity index (χ3n) is 3.17. The van der Waals surface area contributed by atoms with Gasteiger partial charge in [-0.1, -0.05) is 12.1 Å². The summed E-state index contributed by atoms with van der Waals surface area (Å²) < 4.78 is 23.7. The molecule has 0 aromatic heterocycles. The first-order valence-electron chi connectivity index (χ1n) is 5.98. The van der Waals surface area contributed by atoms with Crippen molar-refractivity contribution in [3.8, 4) is 0 Å². The molecular weight excluding hydrogens is 234 g/mol. The zero-order chi connectivity index (χ0) is 12.5. The maximum atomic E-state index is 11.8. The van der Waals surface area contributed by atoms with E-state index < -0.39 is 9.84 Å². The second-order valence-electron chi connectivity index (χ2n) is 4.92. The zero-order valence-corrected chi connectivity index (χ0v) is 11.3. The summed E-state index contributed by atoms with van der Waals surface area (Å²) in [6, 6.07) is 5.80. The van der Waals surface area contributed by atoms with E-state index in [1.165, 1.54) is 5.56 Å². The van der Waals surface area contributed by atoms with Gasteiger partial charge in [0.2, 0.25) is 0 Å². The van der Waals surface area contributed by atoms with E-state index >= 15 is 0 Å². The third-order valence-corrected chi connectivity index (χ3v) is 5.06. The van der Waals surface area contributed by atoms with Crippen LogP contribution in [-0.2, 0) is 22.7 Å². The molecule has 0 bridgehead atoms. The van der Waals surface area contributed by atoms with Crippen LogP contribution in [0.3, 0.4) is 0 Å². The smallest absolute Gasteiger partial charge is 0.178 e. The van der Waals surface area contributed by atoms with Gasteiger partial charge in [0.05, 0.1) is 10.6 Å². The summed E-state index contributed by atoms with van der Waals surface area (Å²) in [4.78, 5) is 2.69. The van der Waals surface area contributed by atoms with E-state index in [-0.39, 0.29) is 0 Å². The van der Waals surface area contributed by atoms with Crippen LogP contribution in [0.2, 0.25) is 0 Å². The van der Waals surface area contributed by atoms with E-state index in [0.29, 0.717) is 10.6 Å². The van der Waals surface area contributed by atoms with E-state index in [1.807, 2.05) is 20.2 Å². The van der Waals surface area contributed by atoms with Crippen molar-refractivity contribution >= 4 is 9.84 Å². The summed E-state index contributed by atoms with van der Waals surface area (Å²) in [7, 11) is 1.09. The van der Waals surface area contributed by atoms with Crippen molar-refractivity contribution in [2.24, 2.45) is 0 Å². The van der Waals surface area contributed by atoms with Gasteiger partial charge in [0.1, 0.15) is 0 Å². The lowest BCUT2D eigenvalue weighted by atomic mass is 10.0. The Morgan fingerprint density at radius 1 is 1.29 bits per heavy atom. The summed E-state index contributed by atoms with van der Waals surface area (Å²) in [6.45, 7) is 0.992. The van der Waals surface area contributed by atoms with Crippen molar-refractivity contribution in [3.63, 3.8) is 0 Å². The number of hydrogen-bond donors (Lipinski definition) is 0. The molecule has 0 saturated carbocycles. The highest BCUT2D eigenvalue weighted by molar-refractivity contribution is 7.91. The summed E-state index contributed by atoms with van der Waals surface area (Å²) >= 11 is 0. The number of aryl methyl sites for hydroxylation is 1. The molecule has 1 aliphatic heterocycles. The molecule has 2 rings (SSSR count). The van der Waals surface area contributed by atoms with E-state index in [1.54, 1.807) is 6.07 Å². The lowest BCUT2D eigenvalue weighted by molar-refractivity contribution is 0.413. The first-order valence-corrected chi connectivity index (χ1v) is 7.63. The van der Waals surface area contributed by atoms with Crippen LogP contribution in [-0.4, -0.2) is 39.7 Å². The zero-order valence-electron chi connectivity index (χ0n) is 10.4. The van der Waals surface area contributed by atoms with Crippen LogP contribution >= 0.6 is 0 Å². The largest absolute Gasteiger partial charge is 0.309 e. The molecule has 0 saturated heterocycles. The van der Waals surface area contributed by atoms with Crippen molar-refractivity contribution in [2.75, 3.05) is 26.4 Å². The lowest BCUT2D eigenvalue weighted by Crippen LogP contribution is -2.18. The highest BCUT2D eigenvalue weighted by Crippen LogP contribution is 2.25. The molecule has 0 amide bonds. The third kappa shape index (κ3) is 2.87. The molecule has 0 fully saturated rings. The maximum absolute atomic E-state index is 11.8. The molecule has 0 atom stereocenters. The fourth-order valence-corrected chi connectivity index (χ4v) is 3.78. The van der Waals surface area contributed by atoms with Gasteiger partial charge in [-0.3, -0.25) is 0 Å². The molecule has 0 radical (unpaired) electrons. The van der Waals surface area contributed by atoms with Gasteiger partial charge in [0, 0.05) is 6.54 Å². The minimum Gasteiger partial charge on any atom is -0.309 e. The first kappa shape index (κ1) is 12.6. The molecule has 1 aliphatic rings. The fourth-order valence-electron chi connectivity index (χ4n) is 2.20. The minimum absolute atomic E-state index is 0.303. The molecule has 0 aliphatic carbocycles. The SMILES string of the molecule is CN(C)CCc1ccc2c(c1)CCCS2(=O)=O. The number of fused-ring (bicyclic) bond motifs is 1. The molecule has 94 valence electrons. The van der Waals surface area contributed by atoms with Gasteiger partial charge in [0.15, 0.2) is 9.84 Å². The van der Waals surface area contributed by atoms with Crippen molar-refractivity contribution in [2.45, 2.75) is 24.2 Å². The second kappa shape index (κ2) is 4.78. The first-order chi connectivity index (χ1) is 7.99. The summed E-state index contributed by atoms with van der Waals surface area (Å²) in [6.07, 6.45) is 2.62.